The van der Waals surface area contributed by atoms with Crippen molar-refractivity contribution in [1.82, 2.24) is 15.4 Å². The van der Waals surface area contributed by atoms with E-state index in [1.807, 2.05) is 0 Å². The number of hydrogen-bond donors (Lipinski definition) is 1. The Hall–Kier alpha value is -0.190. The van der Waals surface area contributed by atoms with Crippen LogP contribution >= 0.6 is 0 Å². The summed E-state index contributed by atoms with van der Waals surface area (Å²) >= 11 is 0. The van der Waals surface area contributed by atoms with E-state index < -0.39 is 0 Å². The molecule has 37 valence electrons. The van der Waals surface area contributed by atoms with Gasteiger partial charge in [-0.25, -0.2) is 5.10 Å². The molecule has 0 aliphatic heterocycles. The Morgan fingerprint density at radius 1 is 1.62 bits per heavy atom. The van der Waals surface area contributed by atoms with Crippen LogP contribution in [0.2, 0.25) is 0 Å². The van der Waals surface area contributed by atoms with Crippen molar-refractivity contribution < 1.29 is 0 Å². The number of nitrogens with one attached hydrogen (secondary N) is 1. The van der Waals surface area contributed by atoms with Gasteiger partial charge in [0.15, 0.2) is 0 Å². The average molecular weight is 120 g/mol. The number of aromatic nitrogens is 3. The monoisotopic (exact) mass is 120 g/mol. The molecule has 0 saturated heterocycles. The Kier molecular flexibility index (Phi) is 3.68. The standard InChI is InChI=1S/C3H3N3O.Na/c7-3-1-2-4-6-5-3;/h1-2H,(H,4,5,7);. The van der Waals surface area contributed by atoms with E-state index in [1.54, 1.807) is 0 Å². The van der Waals surface area contributed by atoms with Gasteiger partial charge in [-0.15, -0.1) is 5.10 Å². The molecule has 0 saturated carbocycles. The molecule has 0 aromatic carbocycles. The first-order chi connectivity index (χ1) is 3.39. The van der Waals surface area contributed by atoms with E-state index in [2.05, 4.69) is 15.4 Å². The van der Waals surface area contributed by atoms with Crippen LogP contribution in [0.5, 0.6) is 0 Å². The van der Waals surface area contributed by atoms with E-state index in [0.29, 0.717) is 0 Å². The third-order valence-corrected chi connectivity index (χ3v) is 0.511. The number of rotatable bonds is 0. The summed E-state index contributed by atoms with van der Waals surface area (Å²) in [4.78, 5) is 10.1. The Morgan fingerprint density at radius 2 is 2.38 bits per heavy atom. The van der Waals surface area contributed by atoms with Gasteiger partial charge >= 0.3 is 0 Å². The minimum atomic E-state index is -0.227. The Balaban J connectivity index is 0.000000490. The van der Waals surface area contributed by atoms with Gasteiger partial charge in [0.05, 0.1) is 6.20 Å². The second kappa shape index (κ2) is 3.77. The Morgan fingerprint density at radius 3 is 2.62 bits per heavy atom. The zero-order chi connectivity index (χ0) is 5.11. The van der Waals surface area contributed by atoms with Crippen LogP contribution in [0.3, 0.4) is 0 Å². The zero-order valence-corrected chi connectivity index (χ0v) is 6.46. The third kappa shape index (κ3) is 2.20. The molecule has 0 bridgehead atoms. The SMILES string of the molecule is O=c1ccnn[nH]1.[Na]. The Bertz CT molecular complexity index is 180. The molecule has 0 atom stereocenters. The van der Waals surface area contributed by atoms with Gasteiger partial charge in [-0.2, -0.15) is 0 Å². The van der Waals surface area contributed by atoms with Gasteiger partial charge in [0, 0.05) is 35.6 Å². The van der Waals surface area contributed by atoms with Gasteiger partial charge in [-0.3, -0.25) is 4.79 Å². The number of hydrogen-bond acceptors (Lipinski definition) is 3. The first-order valence-corrected chi connectivity index (χ1v) is 1.76. The molecule has 0 unspecified atom stereocenters. The van der Waals surface area contributed by atoms with Gasteiger partial charge in [-0.1, -0.05) is 5.21 Å². The smallest absolute Gasteiger partial charge is 0.267 e. The molecule has 1 aromatic heterocycles. The molecule has 1 N–H and O–H groups in total. The fourth-order valence-corrected chi connectivity index (χ4v) is 0.250. The van der Waals surface area contributed by atoms with E-state index in [1.165, 1.54) is 12.3 Å². The number of aromatic amines is 1. The normalized spacial score (nSPS) is 7.50. The zero-order valence-electron chi connectivity index (χ0n) is 4.46. The molecule has 0 amide bonds. The molecule has 0 spiro atoms. The predicted molar refractivity (Wildman–Crippen MR) is 28.4 cm³/mol. The number of nitrogens with zero attached hydrogens (tertiary/aromatic N) is 2. The first kappa shape index (κ1) is 7.81. The van der Waals surface area contributed by atoms with E-state index in [-0.39, 0.29) is 35.1 Å². The molecule has 0 aliphatic rings. The summed E-state index contributed by atoms with van der Waals surface area (Å²) in [6, 6.07) is 1.30. The van der Waals surface area contributed by atoms with Crippen molar-refractivity contribution in [3.05, 3.63) is 22.6 Å². The molecule has 1 rings (SSSR count). The molecule has 5 heteroatoms. The van der Waals surface area contributed by atoms with Crippen molar-refractivity contribution in [3.8, 4) is 0 Å². The largest absolute Gasteiger partial charge is 0.268 e. The maximum atomic E-state index is 10.1. The molecule has 8 heavy (non-hydrogen) atoms. The second-order valence-corrected chi connectivity index (χ2v) is 1.01. The van der Waals surface area contributed by atoms with Crippen LogP contribution in [-0.4, -0.2) is 45.0 Å². The van der Waals surface area contributed by atoms with Crippen molar-refractivity contribution in [3.63, 3.8) is 0 Å². The van der Waals surface area contributed by atoms with Gasteiger partial charge in [0.1, 0.15) is 0 Å². The minimum absolute atomic E-state index is 0. The van der Waals surface area contributed by atoms with Crippen LogP contribution in [0.25, 0.3) is 0 Å². The predicted octanol–water partition coefficient (Wildman–Crippen LogP) is -1.22. The van der Waals surface area contributed by atoms with E-state index in [9.17, 15) is 4.79 Å². The van der Waals surface area contributed by atoms with Crippen LogP contribution in [0.4, 0.5) is 0 Å². The summed E-state index contributed by atoms with van der Waals surface area (Å²) < 4.78 is 0. The second-order valence-electron chi connectivity index (χ2n) is 1.01. The summed E-state index contributed by atoms with van der Waals surface area (Å²) in [5.74, 6) is 0. The summed E-state index contributed by atoms with van der Waals surface area (Å²) in [6.07, 6.45) is 1.33. The fraction of sp³-hybridized carbons (Fsp3) is 0. The molecule has 0 fully saturated rings. The van der Waals surface area contributed by atoms with Crippen LogP contribution in [0.1, 0.15) is 0 Å². The number of H-pyrrole nitrogens is 1. The summed E-state index contributed by atoms with van der Waals surface area (Å²) in [7, 11) is 0. The van der Waals surface area contributed by atoms with Crippen molar-refractivity contribution in [2.75, 3.05) is 0 Å². The summed E-state index contributed by atoms with van der Waals surface area (Å²) in [6.45, 7) is 0. The van der Waals surface area contributed by atoms with E-state index in [0.717, 1.165) is 0 Å². The molecular formula is C3H3N3NaO. The molecular weight excluding hydrogens is 117 g/mol. The van der Waals surface area contributed by atoms with Crippen molar-refractivity contribution in [2.24, 2.45) is 0 Å². The van der Waals surface area contributed by atoms with Crippen LogP contribution < -0.4 is 5.56 Å². The molecule has 1 heterocycles. The topological polar surface area (TPSA) is 58.6 Å². The minimum Gasteiger partial charge on any atom is -0.268 e. The third-order valence-electron chi connectivity index (χ3n) is 0.511. The van der Waals surface area contributed by atoms with Gasteiger partial charge < -0.3 is 0 Å². The average Bonchev–Trinajstić information content (AvgIpc) is 1.69. The van der Waals surface area contributed by atoms with Gasteiger partial charge in [-0.05, 0) is 0 Å². The maximum Gasteiger partial charge on any atom is 0.267 e. The maximum absolute atomic E-state index is 10.1. The van der Waals surface area contributed by atoms with Crippen molar-refractivity contribution in [1.29, 1.82) is 0 Å². The Labute approximate surface area is 67.6 Å². The quantitative estimate of drug-likeness (QED) is 0.437. The van der Waals surface area contributed by atoms with Gasteiger partial charge in [0.25, 0.3) is 5.56 Å². The van der Waals surface area contributed by atoms with Crippen LogP contribution in [0.15, 0.2) is 17.1 Å². The molecule has 1 aromatic rings. The van der Waals surface area contributed by atoms with E-state index in [4.69, 9.17) is 0 Å². The van der Waals surface area contributed by atoms with Crippen LogP contribution in [-0.2, 0) is 0 Å². The molecule has 4 nitrogen and oxygen atoms in total. The van der Waals surface area contributed by atoms with Crippen molar-refractivity contribution in [2.45, 2.75) is 0 Å². The first-order valence-electron chi connectivity index (χ1n) is 1.76. The van der Waals surface area contributed by atoms with Gasteiger partial charge in [0.2, 0.25) is 0 Å². The van der Waals surface area contributed by atoms with E-state index >= 15 is 0 Å². The molecule has 1 radical (unpaired) electrons. The van der Waals surface area contributed by atoms with Crippen LogP contribution in [0, 0.1) is 0 Å². The molecule has 0 aliphatic carbocycles. The van der Waals surface area contributed by atoms with Crippen molar-refractivity contribution >= 4 is 29.6 Å². The fourth-order valence-electron chi connectivity index (χ4n) is 0.250. The summed E-state index contributed by atoms with van der Waals surface area (Å²) in [5, 5.41) is 8.65. The summed E-state index contributed by atoms with van der Waals surface area (Å²) in [5.41, 5.74) is -0.227.